The fourth-order valence-electron chi connectivity index (χ4n) is 6.89. The van der Waals surface area contributed by atoms with Gasteiger partial charge in [0, 0.05) is 17.8 Å². The number of rotatable bonds is 3. The van der Waals surface area contributed by atoms with Crippen LogP contribution in [0, 0.1) is 22.7 Å². The summed E-state index contributed by atoms with van der Waals surface area (Å²) in [7, 11) is 0. The van der Waals surface area contributed by atoms with Crippen LogP contribution in [0.25, 0.3) is 0 Å². The van der Waals surface area contributed by atoms with Crippen LogP contribution in [0.1, 0.15) is 52.9 Å². The molecule has 7 heteroatoms. The minimum Gasteiger partial charge on any atom is -0.458 e. The number of ether oxygens (including phenoxy) is 1. The van der Waals surface area contributed by atoms with Crippen LogP contribution in [0.5, 0.6) is 0 Å². The van der Waals surface area contributed by atoms with Crippen molar-refractivity contribution in [1.82, 2.24) is 0 Å². The number of ketones is 2. The number of fused-ring (bicyclic) bond motifs is 5. The van der Waals surface area contributed by atoms with Crippen molar-refractivity contribution in [1.29, 1.82) is 0 Å². The highest BCUT2D eigenvalue weighted by Crippen LogP contribution is 2.71. The highest BCUT2D eigenvalue weighted by Gasteiger charge is 2.72. The molecule has 3 fully saturated rings. The van der Waals surface area contributed by atoms with Gasteiger partial charge in [0.15, 0.2) is 12.4 Å². The number of aliphatic hydroxyl groups is 1. The summed E-state index contributed by atoms with van der Waals surface area (Å²) in [5, 5.41) is 11.0. The number of allylic oxidation sites excluding steroid dienone is 4. The molecule has 164 valence electrons. The molecule has 5 nitrogen and oxygen atoms in total. The van der Waals surface area contributed by atoms with Gasteiger partial charge in [-0.3, -0.25) is 14.4 Å². The van der Waals surface area contributed by atoms with E-state index in [1.54, 1.807) is 12.2 Å². The van der Waals surface area contributed by atoms with Gasteiger partial charge in [0.2, 0.25) is 5.78 Å². The Balaban J connectivity index is 1.72. The molecule has 3 saturated carbocycles. The number of carbonyl (C=O) groups excluding carboxylic acids is 3. The molecule has 4 aliphatic carbocycles. The van der Waals surface area contributed by atoms with E-state index in [0.717, 1.165) is 18.4 Å². The Kier molecular flexibility index (Phi) is 5.08. The van der Waals surface area contributed by atoms with E-state index in [1.807, 2.05) is 19.9 Å². The maximum atomic E-state index is 12.9. The van der Waals surface area contributed by atoms with Crippen molar-refractivity contribution in [2.45, 2.75) is 68.7 Å². The van der Waals surface area contributed by atoms with E-state index in [-0.39, 0.29) is 17.6 Å². The Morgan fingerprint density at radius 2 is 1.97 bits per heavy atom. The third kappa shape index (κ3) is 2.67. The Hall–Kier alpha value is -1.17. The number of hydrogen-bond donors (Lipinski definition) is 1. The minimum atomic E-state index is -1.60. The zero-order valence-electron chi connectivity index (χ0n) is 17.5. The number of alkyl halides is 2. The first-order chi connectivity index (χ1) is 13.9. The van der Waals surface area contributed by atoms with Gasteiger partial charge in [0.25, 0.3) is 0 Å². The van der Waals surface area contributed by atoms with Gasteiger partial charge >= 0.3 is 5.97 Å². The molecule has 0 unspecified atom stereocenters. The maximum Gasteiger partial charge on any atom is 0.303 e. The summed E-state index contributed by atoms with van der Waals surface area (Å²) in [5.74, 6) is -1.07. The highest BCUT2D eigenvalue weighted by molar-refractivity contribution is 6.34. The Morgan fingerprint density at radius 3 is 2.63 bits per heavy atom. The van der Waals surface area contributed by atoms with E-state index >= 15 is 0 Å². The van der Waals surface area contributed by atoms with E-state index in [1.165, 1.54) is 6.92 Å². The number of halogens is 2. The number of Topliss-reactive ketones (excluding diaryl/α,β-unsaturated/α-hetero) is 1. The average Bonchev–Trinajstić information content (AvgIpc) is 2.94. The van der Waals surface area contributed by atoms with Crippen molar-refractivity contribution >= 4 is 40.7 Å². The predicted octanol–water partition coefficient (Wildman–Crippen LogP) is 3.74. The lowest BCUT2D eigenvalue weighted by atomic mass is 9.46. The van der Waals surface area contributed by atoms with Crippen molar-refractivity contribution in [3.63, 3.8) is 0 Å². The summed E-state index contributed by atoms with van der Waals surface area (Å²) >= 11 is 14.4. The van der Waals surface area contributed by atoms with Crippen molar-refractivity contribution in [2.75, 3.05) is 6.61 Å². The molecule has 1 N–H and O–H groups in total. The first kappa shape index (κ1) is 22.0. The number of esters is 1. The van der Waals surface area contributed by atoms with Crippen LogP contribution in [0.4, 0.5) is 0 Å². The molecule has 4 rings (SSSR count). The van der Waals surface area contributed by atoms with Crippen LogP contribution in [-0.4, -0.2) is 45.1 Å². The van der Waals surface area contributed by atoms with Gasteiger partial charge in [-0.05, 0) is 56.1 Å². The molecule has 7 atom stereocenters. The van der Waals surface area contributed by atoms with Crippen molar-refractivity contribution in [3.05, 3.63) is 23.8 Å². The van der Waals surface area contributed by atoms with Gasteiger partial charge in [-0.1, -0.05) is 25.5 Å². The van der Waals surface area contributed by atoms with Crippen molar-refractivity contribution in [3.8, 4) is 0 Å². The third-order valence-corrected chi connectivity index (χ3v) is 10.2. The smallest absolute Gasteiger partial charge is 0.303 e. The van der Waals surface area contributed by atoms with Crippen LogP contribution >= 0.6 is 23.2 Å². The number of hydrogen-bond acceptors (Lipinski definition) is 5. The Morgan fingerprint density at radius 1 is 1.27 bits per heavy atom. The van der Waals surface area contributed by atoms with Crippen LogP contribution in [0.15, 0.2) is 23.8 Å². The first-order valence-electron chi connectivity index (χ1n) is 10.6. The van der Waals surface area contributed by atoms with Crippen LogP contribution in [0.2, 0.25) is 0 Å². The lowest BCUT2D eigenvalue weighted by molar-refractivity contribution is -0.167. The molecule has 0 saturated heterocycles. The molecule has 0 bridgehead atoms. The van der Waals surface area contributed by atoms with E-state index in [2.05, 4.69) is 0 Å². The second kappa shape index (κ2) is 6.91. The van der Waals surface area contributed by atoms with Gasteiger partial charge in [0.1, 0.15) is 5.60 Å². The molecule has 30 heavy (non-hydrogen) atoms. The lowest BCUT2D eigenvalue weighted by Crippen LogP contribution is -2.67. The fraction of sp³-hybridized carbons (Fsp3) is 0.696. The van der Waals surface area contributed by atoms with Crippen LogP contribution in [-0.2, 0) is 19.1 Å². The molecule has 0 amide bonds. The summed E-state index contributed by atoms with van der Waals surface area (Å²) in [6.45, 7) is 4.78. The fourth-order valence-corrected chi connectivity index (χ4v) is 8.13. The Bertz CT molecular complexity index is 881. The summed E-state index contributed by atoms with van der Waals surface area (Å²) in [6, 6.07) is 0. The standard InChI is InChI=1S/C23H28Cl2O5/c1-13(26)30-12-19(28)22(29)9-7-16-17-5-4-14-10-15(27)6-8-20(14,2)23(17,25)18(24)11-21(16,22)3/h6,8,10,16-18,29H,4-5,7,9,11-12H2,1-3H3/t16-,17+,18+,20+,21-,22+,23-/m0/s1. The zero-order valence-corrected chi connectivity index (χ0v) is 19.1. The van der Waals surface area contributed by atoms with Gasteiger partial charge in [-0.25, -0.2) is 0 Å². The Labute approximate surface area is 186 Å². The van der Waals surface area contributed by atoms with E-state index in [0.29, 0.717) is 19.3 Å². The molecule has 0 heterocycles. The SMILES string of the molecule is CC(=O)OCC(=O)[C@]1(O)CC[C@H]2[C@H]3CCC4=CC(=O)C=C[C@@]4(C)[C@@]3(Cl)[C@H](Cl)C[C@@]21C. The zero-order chi connectivity index (χ0) is 22.1. The summed E-state index contributed by atoms with van der Waals surface area (Å²) in [6.07, 6.45) is 7.97. The van der Waals surface area contributed by atoms with Crippen LogP contribution < -0.4 is 0 Å². The summed E-state index contributed by atoms with van der Waals surface area (Å²) in [4.78, 5) is 35.3. The third-order valence-electron chi connectivity index (χ3n) is 8.62. The quantitative estimate of drug-likeness (QED) is 0.518. The molecule has 0 aromatic carbocycles. The largest absolute Gasteiger partial charge is 0.458 e. The summed E-state index contributed by atoms with van der Waals surface area (Å²) < 4.78 is 4.90. The monoisotopic (exact) mass is 454 g/mol. The molecular formula is C23H28Cl2O5. The average molecular weight is 455 g/mol. The minimum absolute atomic E-state index is 0.000631. The second-order valence-corrected chi connectivity index (χ2v) is 11.0. The van der Waals surface area contributed by atoms with Crippen molar-refractivity contribution in [2.24, 2.45) is 22.7 Å². The highest BCUT2D eigenvalue weighted by atomic mass is 35.5. The van der Waals surface area contributed by atoms with Gasteiger partial charge in [0.05, 0.1) is 10.3 Å². The van der Waals surface area contributed by atoms with E-state index in [9.17, 15) is 19.5 Å². The molecule has 0 spiro atoms. The molecule has 0 radical (unpaired) electrons. The topological polar surface area (TPSA) is 80.7 Å². The maximum absolute atomic E-state index is 12.9. The van der Waals surface area contributed by atoms with Gasteiger partial charge < -0.3 is 9.84 Å². The second-order valence-electron chi connectivity index (χ2n) is 9.82. The van der Waals surface area contributed by atoms with E-state index in [4.69, 9.17) is 27.9 Å². The lowest BCUT2D eigenvalue weighted by Gasteiger charge is -2.63. The molecule has 0 aromatic heterocycles. The number of carbonyl (C=O) groups is 3. The van der Waals surface area contributed by atoms with Crippen molar-refractivity contribution < 1.29 is 24.2 Å². The molecule has 0 aliphatic heterocycles. The predicted molar refractivity (Wildman–Crippen MR) is 113 cm³/mol. The van der Waals surface area contributed by atoms with Gasteiger partial charge in [-0.15, -0.1) is 23.2 Å². The first-order valence-corrected chi connectivity index (χ1v) is 11.4. The normalized spacial score (nSPS) is 47.1. The van der Waals surface area contributed by atoms with Gasteiger partial charge in [-0.2, -0.15) is 0 Å². The molecule has 0 aromatic rings. The molecule has 4 aliphatic rings. The van der Waals surface area contributed by atoms with Crippen LogP contribution in [0.3, 0.4) is 0 Å². The molecular weight excluding hydrogens is 427 g/mol. The van der Waals surface area contributed by atoms with E-state index < -0.39 is 45.0 Å². The summed E-state index contributed by atoms with van der Waals surface area (Å²) in [5.41, 5.74) is -1.91.